The van der Waals surface area contributed by atoms with Gasteiger partial charge in [0.05, 0.1) is 5.69 Å². The van der Waals surface area contributed by atoms with Gasteiger partial charge in [-0.1, -0.05) is 74.6 Å². The molecule has 0 radical (unpaired) electrons. The van der Waals surface area contributed by atoms with Crippen LogP contribution in [0.25, 0.3) is 0 Å². The molecular weight excluding hydrogens is 451 g/mol. The predicted molar refractivity (Wildman–Crippen MR) is 135 cm³/mol. The fraction of sp³-hybridized carbons (Fsp3) is 0.346. The average molecular weight is 481 g/mol. The van der Waals surface area contributed by atoms with Crippen LogP contribution in [-0.2, 0) is 4.79 Å². The highest BCUT2D eigenvalue weighted by Crippen LogP contribution is 2.35. The molecule has 1 fully saturated rings. The zero-order chi connectivity index (χ0) is 24.5. The van der Waals surface area contributed by atoms with Gasteiger partial charge in [0.15, 0.2) is 10.9 Å². The highest BCUT2D eigenvalue weighted by Gasteiger charge is 2.31. The monoisotopic (exact) mass is 480 g/mol. The van der Waals surface area contributed by atoms with Crippen molar-refractivity contribution in [2.75, 3.05) is 34.8 Å². The summed E-state index contributed by atoms with van der Waals surface area (Å²) in [4.78, 5) is 35.2. The molecule has 2 aromatic carbocycles. The number of nitrogens with zero attached hydrogens (tertiary/aromatic N) is 3. The van der Waals surface area contributed by atoms with Gasteiger partial charge in [0.25, 0.3) is 0 Å². The summed E-state index contributed by atoms with van der Waals surface area (Å²) in [5.41, 5.74) is 0.505. The van der Waals surface area contributed by atoms with E-state index < -0.39 is 5.41 Å². The van der Waals surface area contributed by atoms with Crippen LogP contribution in [0.3, 0.4) is 0 Å². The standard InChI is InChI=1S/C26H29FN4O2S/c1-17-16-30(14-15-31(17)20-13-9-8-12-19(20)27)25-29-23(28-24(33)26(2,3)4)22(34-25)21(32)18-10-6-5-7-11-18/h5-13,17H,14-16H2,1-4H3,(H,28,33). The van der Waals surface area contributed by atoms with Crippen molar-refractivity contribution in [1.29, 1.82) is 0 Å². The minimum absolute atomic E-state index is 0.0374. The third-order valence-electron chi connectivity index (χ3n) is 5.83. The number of rotatable bonds is 5. The van der Waals surface area contributed by atoms with Crippen molar-refractivity contribution in [1.82, 2.24) is 4.98 Å². The first-order valence-corrected chi connectivity index (χ1v) is 12.1. The minimum Gasteiger partial charge on any atom is -0.363 e. The molecule has 3 aromatic rings. The van der Waals surface area contributed by atoms with E-state index >= 15 is 0 Å². The van der Waals surface area contributed by atoms with Gasteiger partial charge in [0, 0.05) is 36.7 Å². The minimum atomic E-state index is -0.628. The highest BCUT2D eigenvalue weighted by molar-refractivity contribution is 7.18. The Hall–Kier alpha value is -3.26. The Labute approximate surface area is 203 Å². The van der Waals surface area contributed by atoms with E-state index in [0.717, 1.165) is 0 Å². The lowest BCUT2D eigenvalue weighted by Crippen LogP contribution is -2.52. The number of halogens is 1. The van der Waals surface area contributed by atoms with Crippen molar-refractivity contribution in [2.24, 2.45) is 5.41 Å². The molecule has 0 bridgehead atoms. The van der Waals surface area contributed by atoms with Crippen LogP contribution in [0.1, 0.15) is 42.9 Å². The number of piperazine rings is 1. The lowest BCUT2D eigenvalue weighted by molar-refractivity contribution is -0.123. The van der Waals surface area contributed by atoms with E-state index in [9.17, 15) is 14.0 Å². The topological polar surface area (TPSA) is 65.5 Å². The maximum absolute atomic E-state index is 14.3. The quantitative estimate of drug-likeness (QED) is 0.508. The molecule has 0 saturated carbocycles. The number of hydrogen-bond acceptors (Lipinski definition) is 6. The third-order valence-corrected chi connectivity index (χ3v) is 6.95. The first kappa shape index (κ1) is 23.9. The summed E-state index contributed by atoms with van der Waals surface area (Å²) in [5.74, 6) is -0.325. The van der Waals surface area contributed by atoms with Gasteiger partial charge in [-0.3, -0.25) is 9.59 Å². The largest absolute Gasteiger partial charge is 0.363 e. The smallest absolute Gasteiger partial charge is 0.230 e. The van der Waals surface area contributed by atoms with E-state index in [1.54, 1.807) is 24.3 Å². The second-order valence-electron chi connectivity index (χ2n) is 9.51. The van der Waals surface area contributed by atoms with Gasteiger partial charge in [-0.25, -0.2) is 9.37 Å². The zero-order valence-electron chi connectivity index (χ0n) is 19.8. The number of hydrogen-bond donors (Lipinski definition) is 1. The van der Waals surface area contributed by atoms with Crippen LogP contribution >= 0.6 is 11.3 Å². The van der Waals surface area contributed by atoms with Gasteiger partial charge in [0.2, 0.25) is 11.7 Å². The van der Waals surface area contributed by atoms with Crippen molar-refractivity contribution in [3.05, 3.63) is 70.9 Å². The molecule has 34 heavy (non-hydrogen) atoms. The summed E-state index contributed by atoms with van der Waals surface area (Å²) in [6.45, 7) is 9.36. The van der Waals surface area contributed by atoms with Crippen molar-refractivity contribution in [2.45, 2.75) is 33.7 Å². The van der Waals surface area contributed by atoms with Gasteiger partial charge in [0.1, 0.15) is 10.7 Å². The third kappa shape index (κ3) is 4.97. The summed E-state index contributed by atoms with van der Waals surface area (Å²) < 4.78 is 14.3. The van der Waals surface area contributed by atoms with Gasteiger partial charge in [-0.05, 0) is 19.1 Å². The zero-order valence-corrected chi connectivity index (χ0v) is 20.7. The molecule has 4 rings (SSSR count). The first-order chi connectivity index (χ1) is 16.1. The summed E-state index contributed by atoms with van der Waals surface area (Å²) in [5, 5.41) is 3.54. The second-order valence-corrected chi connectivity index (χ2v) is 10.5. The van der Waals surface area contributed by atoms with Gasteiger partial charge in [-0.2, -0.15) is 0 Å². The maximum Gasteiger partial charge on any atom is 0.230 e. The molecule has 1 N–H and O–H groups in total. The molecule has 1 unspecified atom stereocenters. The van der Waals surface area contributed by atoms with E-state index in [-0.39, 0.29) is 29.4 Å². The first-order valence-electron chi connectivity index (χ1n) is 11.3. The van der Waals surface area contributed by atoms with Crippen LogP contribution in [-0.4, -0.2) is 42.4 Å². The lowest BCUT2D eigenvalue weighted by Gasteiger charge is -2.41. The SMILES string of the molecule is CC1CN(c2nc(NC(=O)C(C)(C)C)c(C(=O)c3ccccc3)s2)CCN1c1ccccc1F. The maximum atomic E-state index is 14.3. The molecule has 178 valence electrons. The molecule has 1 aliphatic rings. The summed E-state index contributed by atoms with van der Waals surface area (Å²) in [6.07, 6.45) is 0. The predicted octanol–water partition coefficient (Wildman–Crippen LogP) is 5.21. The van der Waals surface area contributed by atoms with Gasteiger partial charge < -0.3 is 15.1 Å². The fourth-order valence-corrected chi connectivity index (χ4v) is 4.89. The van der Waals surface area contributed by atoms with E-state index in [0.29, 0.717) is 40.9 Å². The number of carbonyl (C=O) groups excluding carboxylic acids is 2. The molecule has 1 aliphatic heterocycles. The van der Waals surface area contributed by atoms with Crippen molar-refractivity contribution >= 4 is 39.7 Å². The average Bonchev–Trinajstić information content (AvgIpc) is 3.23. The number of carbonyl (C=O) groups is 2. The summed E-state index contributed by atoms with van der Waals surface area (Å²) in [6, 6.07) is 15.8. The number of thiazole rings is 1. The van der Waals surface area contributed by atoms with Gasteiger partial charge in [-0.15, -0.1) is 0 Å². The fourth-order valence-electron chi connectivity index (χ4n) is 3.87. The van der Waals surface area contributed by atoms with Crippen LogP contribution in [0, 0.1) is 11.2 Å². The van der Waals surface area contributed by atoms with Gasteiger partial charge >= 0.3 is 0 Å². The summed E-state index contributed by atoms with van der Waals surface area (Å²) >= 11 is 1.28. The number of amides is 1. The number of aromatic nitrogens is 1. The van der Waals surface area contributed by atoms with Crippen LogP contribution in [0.5, 0.6) is 0 Å². The number of nitrogens with one attached hydrogen (secondary N) is 1. The summed E-state index contributed by atoms with van der Waals surface area (Å²) in [7, 11) is 0. The van der Waals surface area contributed by atoms with Crippen LogP contribution < -0.4 is 15.1 Å². The molecule has 6 nitrogen and oxygen atoms in total. The van der Waals surface area contributed by atoms with Crippen molar-refractivity contribution < 1.29 is 14.0 Å². The molecule has 2 heterocycles. The van der Waals surface area contributed by atoms with Crippen molar-refractivity contribution in [3.8, 4) is 0 Å². The van der Waals surface area contributed by atoms with Crippen LogP contribution in [0.15, 0.2) is 54.6 Å². The molecule has 1 amide bonds. The number of benzene rings is 2. The normalized spacial score (nSPS) is 16.4. The molecule has 8 heteroatoms. The van der Waals surface area contributed by atoms with Crippen LogP contribution in [0.4, 0.5) is 21.0 Å². The Kier molecular flexibility index (Phi) is 6.70. The molecule has 1 saturated heterocycles. The lowest BCUT2D eigenvalue weighted by atomic mass is 9.96. The number of para-hydroxylation sites is 1. The molecule has 0 aliphatic carbocycles. The number of anilines is 3. The van der Waals surface area contributed by atoms with E-state index in [2.05, 4.69) is 20.1 Å². The second kappa shape index (κ2) is 9.54. The highest BCUT2D eigenvalue weighted by atomic mass is 32.1. The van der Waals surface area contributed by atoms with Crippen LogP contribution in [0.2, 0.25) is 0 Å². The Bertz CT molecular complexity index is 1190. The Morgan fingerprint density at radius 3 is 2.38 bits per heavy atom. The Balaban J connectivity index is 1.62. The number of ketones is 1. The Morgan fingerprint density at radius 2 is 1.74 bits per heavy atom. The van der Waals surface area contributed by atoms with E-state index in [1.807, 2.05) is 52.0 Å². The van der Waals surface area contributed by atoms with Crippen molar-refractivity contribution in [3.63, 3.8) is 0 Å². The molecule has 0 spiro atoms. The Morgan fingerprint density at radius 1 is 1.06 bits per heavy atom. The molecule has 1 atom stereocenters. The van der Waals surface area contributed by atoms with E-state index in [1.165, 1.54) is 17.4 Å². The molecular formula is C26H29FN4O2S. The molecule has 1 aromatic heterocycles. The van der Waals surface area contributed by atoms with E-state index in [4.69, 9.17) is 0 Å².